The van der Waals surface area contributed by atoms with Gasteiger partial charge >= 0.3 is 0 Å². The van der Waals surface area contributed by atoms with E-state index in [2.05, 4.69) is 38.5 Å². The molecule has 1 atom stereocenters. The first-order chi connectivity index (χ1) is 9.15. The number of hydrogen-bond donors (Lipinski definition) is 1. The number of benzene rings is 1. The van der Waals surface area contributed by atoms with Crippen molar-refractivity contribution in [3.05, 3.63) is 51.6 Å². The van der Waals surface area contributed by atoms with Gasteiger partial charge < -0.3 is 14.0 Å². The van der Waals surface area contributed by atoms with E-state index in [4.69, 9.17) is 16.6 Å². The minimum absolute atomic E-state index is 0.244. The van der Waals surface area contributed by atoms with E-state index in [9.17, 15) is 0 Å². The lowest BCUT2D eigenvalue weighted by Gasteiger charge is -2.13. The van der Waals surface area contributed by atoms with E-state index in [0.29, 0.717) is 0 Å². The SMILES string of the molecule is CC(Cc1ccco1)n1c(=S)[nH]c2cc(Br)ccc21. The average Bonchev–Trinajstić information content (AvgIpc) is 2.95. The van der Waals surface area contributed by atoms with E-state index < -0.39 is 0 Å². The van der Waals surface area contributed by atoms with Crippen molar-refractivity contribution in [3.63, 3.8) is 0 Å². The molecule has 0 aliphatic heterocycles. The van der Waals surface area contributed by atoms with Crippen LogP contribution in [0.3, 0.4) is 0 Å². The van der Waals surface area contributed by atoms with Gasteiger partial charge in [-0.05, 0) is 49.5 Å². The maximum atomic E-state index is 5.43. The molecule has 0 spiro atoms. The van der Waals surface area contributed by atoms with Crippen LogP contribution in [0.2, 0.25) is 0 Å². The van der Waals surface area contributed by atoms with Gasteiger partial charge in [0.1, 0.15) is 5.76 Å². The molecule has 5 heteroatoms. The molecule has 3 nitrogen and oxygen atoms in total. The fraction of sp³-hybridized carbons (Fsp3) is 0.214. The van der Waals surface area contributed by atoms with Gasteiger partial charge in [0, 0.05) is 16.9 Å². The second-order valence-corrected chi connectivity index (χ2v) is 5.90. The number of rotatable bonds is 3. The van der Waals surface area contributed by atoms with Crippen LogP contribution < -0.4 is 0 Å². The van der Waals surface area contributed by atoms with Gasteiger partial charge in [0.25, 0.3) is 0 Å². The van der Waals surface area contributed by atoms with Crippen molar-refractivity contribution in [1.82, 2.24) is 9.55 Å². The van der Waals surface area contributed by atoms with Crippen LogP contribution >= 0.6 is 28.1 Å². The summed E-state index contributed by atoms with van der Waals surface area (Å²) in [6.07, 6.45) is 2.53. The highest BCUT2D eigenvalue weighted by molar-refractivity contribution is 9.10. The van der Waals surface area contributed by atoms with Crippen molar-refractivity contribution < 1.29 is 4.42 Å². The molecule has 0 saturated heterocycles. The highest BCUT2D eigenvalue weighted by Crippen LogP contribution is 2.24. The lowest BCUT2D eigenvalue weighted by Crippen LogP contribution is -2.07. The standard InChI is InChI=1S/C14H13BrN2OS/c1-9(7-11-3-2-6-18-11)17-13-5-4-10(15)8-12(13)16-14(17)19/h2-6,8-9H,7H2,1H3,(H,16,19). The van der Waals surface area contributed by atoms with Crippen molar-refractivity contribution in [1.29, 1.82) is 0 Å². The number of halogens is 1. The predicted molar refractivity (Wildman–Crippen MR) is 81.9 cm³/mol. The van der Waals surface area contributed by atoms with E-state index >= 15 is 0 Å². The molecular formula is C14H13BrN2OS. The van der Waals surface area contributed by atoms with Crippen molar-refractivity contribution in [3.8, 4) is 0 Å². The molecule has 0 fully saturated rings. The molecule has 3 aromatic rings. The van der Waals surface area contributed by atoms with Crippen LogP contribution in [0.15, 0.2) is 45.5 Å². The zero-order valence-corrected chi connectivity index (χ0v) is 12.8. The van der Waals surface area contributed by atoms with Gasteiger partial charge in [-0.1, -0.05) is 15.9 Å². The van der Waals surface area contributed by atoms with E-state index in [0.717, 1.165) is 32.5 Å². The van der Waals surface area contributed by atoms with Crippen LogP contribution in [-0.2, 0) is 6.42 Å². The zero-order chi connectivity index (χ0) is 13.4. The predicted octanol–water partition coefficient (Wildman–Crippen LogP) is 4.86. The number of nitrogens with zero attached hydrogens (tertiary/aromatic N) is 1. The summed E-state index contributed by atoms with van der Waals surface area (Å²) in [5.74, 6) is 0.973. The van der Waals surface area contributed by atoms with Gasteiger partial charge in [0.15, 0.2) is 4.77 Å². The molecule has 0 saturated carbocycles. The molecule has 98 valence electrons. The van der Waals surface area contributed by atoms with Crippen molar-refractivity contribution >= 4 is 39.2 Å². The third kappa shape index (κ3) is 2.40. The molecule has 19 heavy (non-hydrogen) atoms. The first kappa shape index (κ1) is 12.7. The number of H-pyrrole nitrogens is 1. The number of aromatic amines is 1. The summed E-state index contributed by atoms with van der Waals surface area (Å²) in [5, 5.41) is 0. The van der Waals surface area contributed by atoms with Crippen LogP contribution in [0.25, 0.3) is 11.0 Å². The fourth-order valence-electron chi connectivity index (χ4n) is 2.35. The average molecular weight is 337 g/mol. The minimum atomic E-state index is 0.244. The summed E-state index contributed by atoms with van der Waals surface area (Å²) < 4.78 is 9.33. The third-order valence-corrected chi connectivity index (χ3v) is 3.99. The Morgan fingerprint density at radius 1 is 1.42 bits per heavy atom. The van der Waals surface area contributed by atoms with Gasteiger partial charge in [0.2, 0.25) is 0 Å². The van der Waals surface area contributed by atoms with Gasteiger partial charge in [-0.3, -0.25) is 0 Å². The number of nitrogens with one attached hydrogen (secondary N) is 1. The summed E-state index contributed by atoms with van der Waals surface area (Å²) in [5.41, 5.74) is 2.16. The fourth-order valence-corrected chi connectivity index (χ4v) is 3.10. The normalized spacial score (nSPS) is 12.9. The Morgan fingerprint density at radius 2 is 2.26 bits per heavy atom. The van der Waals surface area contributed by atoms with Gasteiger partial charge in [-0.2, -0.15) is 0 Å². The Hall–Kier alpha value is -1.33. The van der Waals surface area contributed by atoms with Gasteiger partial charge in [-0.25, -0.2) is 0 Å². The summed E-state index contributed by atoms with van der Waals surface area (Å²) in [7, 11) is 0. The maximum absolute atomic E-state index is 5.43. The third-order valence-electron chi connectivity index (χ3n) is 3.20. The number of furan rings is 1. The topological polar surface area (TPSA) is 33.9 Å². The Labute approximate surface area is 124 Å². The Bertz CT molecular complexity index is 757. The van der Waals surface area contributed by atoms with E-state index in [-0.39, 0.29) is 6.04 Å². The Morgan fingerprint density at radius 3 is 3.00 bits per heavy atom. The lowest BCUT2D eigenvalue weighted by atomic mass is 10.2. The molecule has 3 rings (SSSR count). The lowest BCUT2D eigenvalue weighted by molar-refractivity contribution is 0.452. The highest BCUT2D eigenvalue weighted by atomic mass is 79.9. The Kier molecular flexibility index (Phi) is 3.33. The van der Waals surface area contributed by atoms with E-state index in [1.165, 1.54) is 0 Å². The molecular weight excluding hydrogens is 324 g/mol. The molecule has 1 N–H and O–H groups in total. The summed E-state index contributed by atoms with van der Waals surface area (Å²) >= 11 is 8.90. The smallest absolute Gasteiger partial charge is 0.178 e. The second kappa shape index (κ2) is 4.98. The minimum Gasteiger partial charge on any atom is -0.469 e. The number of imidazole rings is 1. The molecule has 2 heterocycles. The Balaban J connectivity index is 2.04. The summed E-state index contributed by atoms with van der Waals surface area (Å²) in [4.78, 5) is 3.25. The highest BCUT2D eigenvalue weighted by Gasteiger charge is 2.13. The van der Waals surface area contributed by atoms with Crippen molar-refractivity contribution in [2.45, 2.75) is 19.4 Å². The first-order valence-corrected chi connectivity index (χ1v) is 7.27. The van der Waals surface area contributed by atoms with Crippen molar-refractivity contribution in [2.75, 3.05) is 0 Å². The van der Waals surface area contributed by atoms with Crippen molar-refractivity contribution in [2.24, 2.45) is 0 Å². The van der Waals surface area contributed by atoms with E-state index in [1.807, 2.05) is 24.3 Å². The van der Waals surface area contributed by atoms with Gasteiger partial charge in [0.05, 0.1) is 17.3 Å². The number of hydrogen-bond acceptors (Lipinski definition) is 2. The maximum Gasteiger partial charge on any atom is 0.178 e. The summed E-state index contributed by atoms with van der Waals surface area (Å²) in [6, 6.07) is 10.3. The molecule has 2 aromatic heterocycles. The summed E-state index contributed by atoms with van der Waals surface area (Å²) in [6.45, 7) is 2.15. The van der Waals surface area contributed by atoms with Gasteiger partial charge in [-0.15, -0.1) is 0 Å². The quantitative estimate of drug-likeness (QED) is 0.693. The first-order valence-electron chi connectivity index (χ1n) is 6.07. The zero-order valence-electron chi connectivity index (χ0n) is 10.4. The number of fused-ring (bicyclic) bond motifs is 1. The van der Waals surface area contributed by atoms with Crippen LogP contribution in [0.1, 0.15) is 18.7 Å². The number of aromatic nitrogens is 2. The largest absolute Gasteiger partial charge is 0.469 e. The molecule has 0 aliphatic rings. The second-order valence-electron chi connectivity index (χ2n) is 4.59. The molecule has 0 bridgehead atoms. The van der Waals surface area contributed by atoms with Crippen LogP contribution in [0, 0.1) is 4.77 Å². The molecule has 0 radical (unpaired) electrons. The van der Waals surface area contributed by atoms with E-state index in [1.54, 1.807) is 6.26 Å². The molecule has 0 amide bonds. The molecule has 0 aliphatic carbocycles. The van der Waals surface area contributed by atoms with Crippen LogP contribution in [0.4, 0.5) is 0 Å². The molecule has 1 aromatic carbocycles. The van der Waals surface area contributed by atoms with Crippen LogP contribution in [0.5, 0.6) is 0 Å². The van der Waals surface area contributed by atoms with Crippen LogP contribution in [-0.4, -0.2) is 9.55 Å². The monoisotopic (exact) mass is 336 g/mol. The molecule has 1 unspecified atom stereocenters.